The Bertz CT molecular complexity index is 1130. The van der Waals surface area contributed by atoms with Crippen LogP contribution in [0, 0.1) is 0 Å². The van der Waals surface area contributed by atoms with Crippen LogP contribution >= 0.6 is 7.26 Å². The topological polar surface area (TPSA) is 0 Å². The van der Waals surface area contributed by atoms with Gasteiger partial charge in [-0.25, -0.2) is 0 Å². The number of alkyl halides is 6. The third-order valence-electron chi connectivity index (χ3n) is 5.41. The van der Waals surface area contributed by atoms with E-state index in [0.29, 0.717) is 21.2 Å². The van der Waals surface area contributed by atoms with Crippen LogP contribution in [0.5, 0.6) is 0 Å². The molecule has 0 amide bonds. The van der Waals surface area contributed by atoms with Gasteiger partial charge in [-0.2, -0.15) is 26.3 Å². The fraction of sp³-hybridized carbons (Fsp3) is 0.0769. The summed E-state index contributed by atoms with van der Waals surface area (Å²) in [6.07, 6.45) is -9.18. The zero-order valence-electron chi connectivity index (χ0n) is 17.1. The van der Waals surface area contributed by atoms with Gasteiger partial charge in [0.2, 0.25) is 0 Å². The predicted octanol–water partition coefficient (Wildman–Crippen LogP) is 6.34. The van der Waals surface area contributed by atoms with Crippen molar-refractivity contribution in [3.05, 3.63) is 120 Å². The summed E-state index contributed by atoms with van der Waals surface area (Å²) in [5.41, 5.74) is -1.69. The fourth-order valence-corrected chi connectivity index (χ4v) is 8.29. The van der Waals surface area contributed by atoms with Crippen LogP contribution in [0.4, 0.5) is 26.3 Å². The molecule has 7 heteroatoms. The molecule has 0 nitrogen and oxygen atoms in total. The molecule has 0 radical (unpaired) electrons. The lowest BCUT2D eigenvalue weighted by molar-refractivity contribution is -0.138. The Hall–Kier alpha value is -3.11. The first-order chi connectivity index (χ1) is 15.6. The molecule has 4 rings (SSSR count). The molecule has 0 aliphatic carbocycles. The molecule has 0 aromatic heterocycles. The molecule has 0 aliphatic heterocycles. The van der Waals surface area contributed by atoms with Gasteiger partial charge < -0.3 is 0 Å². The Balaban J connectivity index is 2.15. The Kier molecular flexibility index (Phi) is 6.06. The molecule has 4 aromatic rings. The van der Waals surface area contributed by atoms with E-state index < -0.39 is 30.7 Å². The van der Waals surface area contributed by atoms with E-state index in [1.807, 2.05) is 0 Å². The molecule has 0 aliphatic rings. The number of benzene rings is 4. The van der Waals surface area contributed by atoms with Crippen LogP contribution < -0.4 is 21.2 Å². The zero-order valence-corrected chi connectivity index (χ0v) is 18.0. The van der Waals surface area contributed by atoms with Gasteiger partial charge in [0.05, 0.1) is 11.1 Å². The highest BCUT2D eigenvalue weighted by Gasteiger charge is 2.49. The third-order valence-corrected chi connectivity index (χ3v) is 9.66. The molecular formula is C26H18F6P+. The van der Waals surface area contributed by atoms with Crippen molar-refractivity contribution in [2.45, 2.75) is 12.4 Å². The quantitative estimate of drug-likeness (QED) is 0.239. The van der Waals surface area contributed by atoms with Gasteiger partial charge in [0, 0.05) is 0 Å². The fourth-order valence-electron chi connectivity index (χ4n) is 3.98. The highest BCUT2D eigenvalue weighted by molar-refractivity contribution is 8.01. The van der Waals surface area contributed by atoms with Crippen LogP contribution in [-0.2, 0) is 12.4 Å². The van der Waals surface area contributed by atoms with Gasteiger partial charge in [0.1, 0.15) is 28.5 Å². The number of hydrogen-bond acceptors (Lipinski definition) is 0. The van der Waals surface area contributed by atoms with E-state index in [1.165, 1.54) is 12.1 Å². The molecule has 0 fully saturated rings. The van der Waals surface area contributed by atoms with Crippen molar-refractivity contribution in [3.63, 3.8) is 0 Å². The minimum atomic E-state index is -4.59. The van der Waals surface area contributed by atoms with Gasteiger partial charge in [-0.3, -0.25) is 0 Å². The van der Waals surface area contributed by atoms with Crippen LogP contribution in [0.1, 0.15) is 11.1 Å². The summed E-state index contributed by atoms with van der Waals surface area (Å²) in [6, 6.07) is 27.4. The smallest absolute Gasteiger partial charge is 0.166 e. The SMILES string of the molecule is FC(F)(F)c1cccc([P+](c2ccccc2)(c2ccccc2)c2cccc(C(F)(F)F)c2)c1. The Labute approximate surface area is 187 Å². The molecule has 0 heterocycles. The Morgan fingerprint density at radius 1 is 0.394 bits per heavy atom. The molecule has 0 spiro atoms. The van der Waals surface area contributed by atoms with Crippen molar-refractivity contribution < 1.29 is 26.3 Å². The van der Waals surface area contributed by atoms with Crippen LogP contribution in [0.15, 0.2) is 109 Å². The molecule has 0 saturated heterocycles. The number of halogens is 6. The molecule has 0 atom stereocenters. The molecule has 4 aromatic carbocycles. The van der Waals surface area contributed by atoms with Gasteiger partial charge in [-0.05, 0) is 60.7 Å². The molecule has 0 bridgehead atoms. The third kappa shape index (κ3) is 4.40. The van der Waals surface area contributed by atoms with E-state index >= 15 is 0 Å². The molecule has 168 valence electrons. The van der Waals surface area contributed by atoms with Gasteiger partial charge >= 0.3 is 12.4 Å². The van der Waals surface area contributed by atoms with Crippen molar-refractivity contribution in [2.24, 2.45) is 0 Å². The van der Waals surface area contributed by atoms with Crippen molar-refractivity contribution in [1.29, 1.82) is 0 Å². The summed E-state index contributed by atoms with van der Waals surface area (Å²) in [6.45, 7) is 0. The molecule has 0 N–H and O–H groups in total. The van der Waals surface area contributed by atoms with Crippen LogP contribution in [0.3, 0.4) is 0 Å². The van der Waals surface area contributed by atoms with E-state index in [-0.39, 0.29) is 0 Å². The van der Waals surface area contributed by atoms with Gasteiger partial charge in [0.15, 0.2) is 0 Å². The van der Waals surface area contributed by atoms with E-state index in [1.54, 1.807) is 72.8 Å². The van der Waals surface area contributed by atoms with Crippen molar-refractivity contribution in [3.8, 4) is 0 Å². The van der Waals surface area contributed by atoms with Gasteiger partial charge in [-0.15, -0.1) is 0 Å². The second-order valence-corrected chi connectivity index (χ2v) is 10.8. The maximum atomic E-state index is 13.6. The second kappa shape index (κ2) is 8.68. The minimum Gasteiger partial charge on any atom is -0.166 e. The Morgan fingerprint density at radius 2 is 0.727 bits per heavy atom. The summed E-state index contributed by atoms with van der Waals surface area (Å²) in [4.78, 5) is 0. The van der Waals surface area contributed by atoms with Gasteiger partial charge in [0.25, 0.3) is 0 Å². The van der Waals surface area contributed by atoms with E-state index in [9.17, 15) is 26.3 Å². The summed E-state index contributed by atoms with van der Waals surface area (Å²) >= 11 is 0. The highest BCUT2D eigenvalue weighted by Crippen LogP contribution is 2.55. The van der Waals surface area contributed by atoms with E-state index in [4.69, 9.17) is 0 Å². The standard InChI is InChI=1S/C26H18F6P/c27-25(28,29)19-9-7-15-23(17-19)33(21-11-3-1-4-12-21,22-13-5-2-6-14-22)24-16-8-10-20(18-24)26(30,31)32/h1-18H/q+1. The average molecular weight is 475 g/mol. The Morgan fingerprint density at radius 3 is 1.06 bits per heavy atom. The summed E-state index contributed by atoms with van der Waals surface area (Å²) in [5.74, 6) is 0. The summed E-state index contributed by atoms with van der Waals surface area (Å²) in [5, 5.41) is 1.98. The predicted molar refractivity (Wildman–Crippen MR) is 121 cm³/mol. The lowest BCUT2D eigenvalue weighted by atomic mass is 10.2. The molecule has 0 saturated carbocycles. The van der Waals surface area contributed by atoms with Crippen molar-refractivity contribution in [2.75, 3.05) is 0 Å². The van der Waals surface area contributed by atoms with E-state index in [0.717, 1.165) is 24.3 Å². The van der Waals surface area contributed by atoms with Gasteiger partial charge in [-0.1, -0.05) is 48.5 Å². The lowest BCUT2D eigenvalue weighted by Crippen LogP contribution is -2.39. The molecule has 0 unspecified atom stereocenters. The summed E-state index contributed by atoms with van der Waals surface area (Å²) < 4.78 is 81.9. The first-order valence-electron chi connectivity index (χ1n) is 9.99. The zero-order chi connectivity index (χ0) is 23.7. The summed E-state index contributed by atoms with van der Waals surface area (Å²) in [7, 11) is -3.10. The number of hydrogen-bond donors (Lipinski definition) is 0. The number of rotatable bonds is 4. The van der Waals surface area contributed by atoms with Crippen molar-refractivity contribution in [1.82, 2.24) is 0 Å². The van der Waals surface area contributed by atoms with Crippen LogP contribution in [0.25, 0.3) is 0 Å². The lowest BCUT2D eigenvalue weighted by Gasteiger charge is -2.28. The normalized spacial score (nSPS) is 12.5. The average Bonchev–Trinajstić information content (AvgIpc) is 2.80. The first-order valence-corrected chi connectivity index (χ1v) is 11.8. The largest absolute Gasteiger partial charge is 0.416 e. The van der Waals surface area contributed by atoms with Crippen LogP contribution in [-0.4, -0.2) is 0 Å². The molecule has 33 heavy (non-hydrogen) atoms. The molecular weight excluding hydrogens is 457 g/mol. The maximum Gasteiger partial charge on any atom is 0.416 e. The monoisotopic (exact) mass is 475 g/mol. The van der Waals surface area contributed by atoms with Crippen LogP contribution in [0.2, 0.25) is 0 Å². The minimum absolute atomic E-state index is 0.328. The highest BCUT2D eigenvalue weighted by atomic mass is 31.2. The van der Waals surface area contributed by atoms with Crippen molar-refractivity contribution >= 4 is 28.5 Å². The second-order valence-electron chi connectivity index (χ2n) is 7.44. The van der Waals surface area contributed by atoms with E-state index in [2.05, 4.69) is 0 Å². The maximum absolute atomic E-state index is 13.6. The first kappa shape index (κ1) is 23.1.